The Morgan fingerprint density at radius 2 is 1.79 bits per heavy atom. The summed E-state index contributed by atoms with van der Waals surface area (Å²) in [5.41, 5.74) is 3.30. The van der Waals surface area contributed by atoms with Crippen LogP contribution in [0.15, 0.2) is 42.5 Å². The van der Waals surface area contributed by atoms with Crippen LogP contribution in [0.25, 0.3) is 10.8 Å². The van der Waals surface area contributed by atoms with Crippen molar-refractivity contribution in [1.29, 1.82) is 0 Å². The molecule has 0 bridgehead atoms. The van der Waals surface area contributed by atoms with E-state index < -0.39 is 0 Å². The van der Waals surface area contributed by atoms with Crippen molar-refractivity contribution in [1.82, 2.24) is 5.32 Å². The van der Waals surface area contributed by atoms with E-state index in [1.807, 2.05) is 12.1 Å². The number of carbonyl (C=O) groups is 1. The number of thiophene rings is 1. The predicted octanol–water partition coefficient (Wildman–Crippen LogP) is 4.63. The second kappa shape index (κ2) is 5.35. The number of anilines is 1. The molecule has 3 aromatic rings. The summed E-state index contributed by atoms with van der Waals surface area (Å²) in [5.74, 6) is 0.0704. The Morgan fingerprint density at radius 1 is 0.958 bits per heavy atom. The van der Waals surface area contributed by atoms with Crippen LogP contribution in [-0.2, 0) is 12.8 Å². The Labute approximate surface area is 144 Å². The highest BCUT2D eigenvalue weighted by molar-refractivity contribution is 7.16. The third kappa shape index (κ3) is 2.06. The van der Waals surface area contributed by atoms with E-state index in [4.69, 9.17) is 0 Å². The second-order valence-corrected chi connectivity index (χ2v) is 7.64. The molecule has 2 heterocycles. The van der Waals surface area contributed by atoms with Crippen molar-refractivity contribution in [2.45, 2.75) is 31.8 Å². The minimum atomic E-state index is -0.170. The molecule has 1 aromatic heterocycles. The van der Waals surface area contributed by atoms with Crippen LogP contribution in [0.2, 0.25) is 0 Å². The largest absolute Gasteiger partial charge is 0.353 e. The fraction of sp³-hybridized carbons (Fsp3) is 0.250. The molecule has 0 spiro atoms. The number of rotatable bonds is 1. The molecule has 3 nitrogen and oxygen atoms in total. The molecule has 0 radical (unpaired) electrons. The normalized spacial score (nSPS) is 19.3. The highest BCUT2D eigenvalue weighted by Gasteiger charge is 2.32. The summed E-state index contributed by atoms with van der Waals surface area (Å²) in [4.78, 5) is 14.2. The van der Waals surface area contributed by atoms with Gasteiger partial charge in [-0.3, -0.25) is 4.79 Å². The van der Waals surface area contributed by atoms with Crippen LogP contribution < -0.4 is 10.6 Å². The van der Waals surface area contributed by atoms with E-state index in [2.05, 4.69) is 41.0 Å². The van der Waals surface area contributed by atoms with Gasteiger partial charge in [-0.25, -0.2) is 0 Å². The van der Waals surface area contributed by atoms with Gasteiger partial charge < -0.3 is 10.6 Å². The van der Waals surface area contributed by atoms with Gasteiger partial charge in [0.1, 0.15) is 11.2 Å². The van der Waals surface area contributed by atoms with Gasteiger partial charge in [0.05, 0.1) is 5.56 Å². The average molecular weight is 334 g/mol. The summed E-state index contributed by atoms with van der Waals surface area (Å²) >= 11 is 1.77. The number of nitrogens with one attached hydrogen (secondary N) is 2. The molecule has 0 saturated heterocycles. The first-order valence-electron chi connectivity index (χ1n) is 8.51. The van der Waals surface area contributed by atoms with E-state index in [1.165, 1.54) is 34.1 Å². The zero-order chi connectivity index (χ0) is 16.1. The van der Waals surface area contributed by atoms with Gasteiger partial charge in [-0.05, 0) is 42.0 Å². The molecule has 1 aliphatic heterocycles. The summed E-state index contributed by atoms with van der Waals surface area (Å²) in [7, 11) is 0. The Hall–Kier alpha value is -2.33. The van der Waals surface area contributed by atoms with E-state index in [-0.39, 0.29) is 12.1 Å². The Bertz CT molecular complexity index is 954. The van der Waals surface area contributed by atoms with Gasteiger partial charge in [-0.2, -0.15) is 0 Å². The van der Waals surface area contributed by atoms with Crippen molar-refractivity contribution < 1.29 is 4.79 Å². The van der Waals surface area contributed by atoms with Gasteiger partial charge >= 0.3 is 0 Å². The SMILES string of the molecule is O=C1N[C@@H](c2cccc3ccccc23)Nc2sc3c(c21)CCCC3. The number of hydrogen-bond donors (Lipinski definition) is 2. The monoisotopic (exact) mass is 334 g/mol. The molecule has 2 aliphatic rings. The summed E-state index contributed by atoms with van der Waals surface area (Å²) in [6.45, 7) is 0. The highest BCUT2D eigenvalue weighted by atomic mass is 32.1. The molecule has 24 heavy (non-hydrogen) atoms. The number of hydrogen-bond acceptors (Lipinski definition) is 3. The zero-order valence-electron chi connectivity index (χ0n) is 13.3. The van der Waals surface area contributed by atoms with Gasteiger partial charge in [-0.15, -0.1) is 11.3 Å². The lowest BCUT2D eigenvalue weighted by Crippen LogP contribution is -2.38. The van der Waals surface area contributed by atoms with Crippen LogP contribution >= 0.6 is 11.3 Å². The van der Waals surface area contributed by atoms with Crippen molar-refractivity contribution in [3.05, 3.63) is 64.0 Å². The van der Waals surface area contributed by atoms with Gasteiger partial charge in [0, 0.05) is 10.4 Å². The molecular formula is C20H18N2OS. The maximum atomic E-state index is 12.8. The molecule has 120 valence electrons. The number of benzene rings is 2. The van der Waals surface area contributed by atoms with Crippen molar-refractivity contribution in [2.24, 2.45) is 0 Å². The van der Waals surface area contributed by atoms with Gasteiger partial charge in [0.2, 0.25) is 0 Å². The van der Waals surface area contributed by atoms with Crippen LogP contribution in [0.4, 0.5) is 5.00 Å². The maximum Gasteiger partial charge on any atom is 0.256 e. The van der Waals surface area contributed by atoms with Gasteiger partial charge in [-0.1, -0.05) is 42.5 Å². The second-order valence-electron chi connectivity index (χ2n) is 6.53. The Morgan fingerprint density at radius 3 is 2.75 bits per heavy atom. The summed E-state index contributed by atoms with van der Waals surface area (Å²) < 4.78 is 0. The quantitative estimate of drug-likeness (QED) is 0.681. The van der Waals surface area contributed by atoms with E-state index in [0.29, 0.717) is 0 Å². The van der Waals surface area contributed by atoms with Crippen LogP contribution in [0.5, 0.6) is 0 Å². The van der Waals surface area contributed by atoms with Crippen LogP contribution in [0.1, 0.15) is 45.4 Å². The first-order valence-corrected chi connectivity index (χ1v) is 9.32. The third-order valence-corrected chi connectivity index (χ3v) is 6.31. The van der Waals surface area contributed by atoms with Crippen molar-refractivity contribution in [2.75, 3.05) is 5.32 Å². The fourth-order valence-corrected chi connectivity index (χ4v) is 5.25. The molecule has 1 atom stereocenters. The molecule has 1 amide bonds. The lowest BCUT2D eigenvalue weighted by Gasteiger charge is -2.27. The third-order valence-electron chi connectivity index (χ3n) is 5.08. The molecule has 2 N–H and O–H groups in total. The zero-order valence-corrected chi connectivity index (χ0v) is 14.1. The Kier molecular flexibility index (Phi) is 3.13. The average Bonchev–Trinajstić information content (AvgIpc) is 3.00. The summed E-state index contributed by atoms with van der Waals surface area (Å²) in [6.07, 6.45) is 4.41. The summed E-state index contributed by atoms with van der Waals surface area (Å²) in [5, 5.41) is 10.2. The summed E-state index contributed by atoms with van der Waals surface area (Å²) in [6, 6.07) is 14.6. The Balaban J connectivity index is 1.60. The fourth-order valence-electron chi connectivity index (χ4n) is 3.94. The number of fused-ring (bicyclic) bond motifs is 4. The van der Waals surface area contributed by atoms with Crippen molar-refractivity contribution in [3.8, 4) is 0 Å². The molecular weight excluding hydrogens is 316 g/mol. The number of aryl methyl sites for hydroxylation is 1. The van der Waals surface area contributed by atoms with Crippen LogP contribution in [0, 0.1) is 0 Å². The van der Waals surface area contributed by atoms with Gasteiger partial charge in [0.25, 0.3) is 5.91 Å². The smallest absolute Gasteiger partial charge is 0.256 e. The minimum absolute atomic E-state index is 0.0704. The van der Waals surface area contributed by atoms with E-state index >= 15 is 0 Å². The van der Waals surface area contributed by atoms with Crippen molar-refractivity contribution >= 4 is 33.0 Å². The van der Waals surface area contributed by atoms with Gasteiger partial charge in [0.15, 0.2) is 0 Å². The molecule has 0 saturated carbocycles. The molecule has 5 rings (SSSR count). The maximum absolute atomic E-state index is 12.8. The molecule has 0 fully saturated rings. The first kappa shape index (κ1) is 14.1. The number of amides is 1. The topological polar surface area (TPSA) is 41.1 Å². The lowest BCUT2D eigenvalue weighted by atomic mass is 9.94. The van der Waals surface area contributed by atoms with E-state index in [0.717, 1.165) is 29.0 Å². The number of carbonyl (C=O) groups excluding carboxylic acids is 1. The standard InChI is InChI=1S/C20H18N2OS/c23-19-17-15-9-3-4-11-16(15)24-20(17)22-18(21-19)14-10-5-7-12-6-1-2-8-13(12)14/h1-2,5-8,10,18,22H,3-4,9,11H2,(H,21,23)/t18-/m1/s1. The van der Waals surface area contributed by atoms with E-state index in [1.54, 1.807) is 11.3 Å². The highest BCUT2D eigenvalue weighted by Crippen LogP contribution is 2.42. The lowest BCUT2D eigenvalue weighted by molar-refractivity contribution is 0.0935. The first-order chi connectivity index (χ1) is 11.8. The predicted molar refractivity (Wildman–Crippen MR) is 98.7 cm³/mol. The molecule has 0 unspecified atom stereocenters. The molecule has 1 aliphatic carbocycles. The van der Waals surface area contributed by atoms with Crippen LogP contribution in [-0.4, -0.2) is 5.91 Å². The molecule has 2 aromatic carbocycles. The molecule has 4 heteroatoms. The van der Waals surface area contributed by atoms with Crippen LogP contribution in [0.3, 0.4) is 0 Å². The van der Waals surface area contributed by atoms with Crippen molar-refractivity contribution in [3.63, 3.8) is 0 Å². The van der Waals surface area contributed by atoms with E-state index in [9.17, 15) is 4.79 Å². The minimum Gasteiger partial charge on any atom is -0.353 e.